The molecule has 1 aliphatic heterocycles. The number of imidazole rings is 1. The molecular formula is C17H28N6O. The highest BCUT2D eigenvalue weighted by molar-refractivity contribution is 5.59. The molecule has 2 unspecified atom stereocenters. The minimum Gasteiger partial charge on any atom is -0.459 e. The van der Waals surface area contributed by atoms with Gasteiger partial charge in [0.05, 0.1) is 18.0 Å². The fourth-order valence-electron chi connectivity index (χ4n) is 3.33. The molecule has 1 aliphatic rings. The molecule has 0 bridgehead atoms. The van der Waals surface area contributed by atoms with Gasteiger partial charge in [-0.25, -0.2) is 9.50 Å². The van der Waals surface area contributed by atoms with E-state index in [1.165, 1.54) is 19.3 Å². The van der Waals surface area contributed by atoms with Crippen LogP contribution < -0.4 is 10.5 Å². The first-order valence-corrected chi connectivity index (χ1v) is 8.99. The van der Waals surface area contributed by atoms with Crippen molar-refractivity contribution < 1.29 is 4.74 Å². The Morgan fingerprint density at radius 1 is 1.42 bits per heavy atom. The quantitative estimate of drug-likeness (QED) is 0.876. The molecule has 0 spiro atoms. The largest absolute Gasteiger partial charge is 0.459 e. The predicted octanol–water partition coefficient (Wildman–Crippen LogP) is 2.65. The van der Waals surface area contributed by atoms with Gasteiger partial charge in [0.25, 0.3) is 0 Å². The Morgan fingerprint density at radius 2 is 2.25 bits per heavy atom. The minimum atomic E-state index is 0.0703. The molecule has 24 heavy (non-hydrogen) atoms. The van der Waals surface area contributed by atoms with Gasteiger partial charge in [-0.05, 0) is 39.7 Å². The van der Waals surface area contributed by atoms with Gasteiger partial charge in [-0.2, -0.15) is 4.98 Å². The van der Waals surface area contributed by atoms with Crippen molar-refractivity contribution in [2.75, 3.05) is 12.3 Å². The average molecular weight is 332 g/mol. The van der Waals surface area contributed by atoms with Crippen molar-refractivity contribution in [2.45, 2.75) is 71.6 Å². The van der Waals surface area contributed by atoms with Crippen molar-refractivity contribution in [3.05, 3.63) is 11.9 Å². The number of nitrogen functional groups attached to an aromatic ring is 1. The van der Waals surface area contributed by atoms with Crippen molar-refractivity contribution in [1.82, 2.24) is 24.5 Å². The molecule has 0 aromatic carbocycles. The van der Waals surface area contributed by atoms with E-state index in [0.29, 0.717) is 23.5 Å². The van der Waals surface area contributed by atoms with Crippen LogP contribution in [0.2, 0.25) is 0 Å². The fourth-order valence-corrected chi connectivity index (χ4v) is 3.33. The number of fused-ring (bicyclic) bond motifs is 1. The summed E-state index contributed by atoms with van der Waals surface area (Å²) >= 11 is 0. The summed E-state index contributed by atoms with van der Waals surface area (Å²) in [6.07, 6.45) is 7.75. The molecule has 0 radical (unpaired) electrons. The number of anilines is 1. The highest BCUT2D eigenvalue weighted by Gasteiger charge is 2.21. The van der Waals surface area contributed by atoms with Crippen LogP contribution in [0.1, 0.15) is 58.6 Å². The van der Waals surface area contributed by atoms with Crippen LogP contribution in [0.25, 0.3) is 5.65 Å². The zero-order chi connectivity index (χ0) is 17.1. The summed E-state index contributed by atoms with van der Waals surface area (Å²) in [6.45, 7) is 8.38. The predicted molar refractivity (Wildman–Crippen MR) is 93.9 cm³/mol. The molecule has 2 N–H and O–H groups in total. The SMILES string of the molecule is CCCC(C)Oc1nc(N)c2ncc(CN3CCCCC3C)n2n1. The van der Waals surface area contributed by atoms with Gasteiger partial charge in [0, 0.05) is 12.6 Å². The Morgan fingerprint density at radius 3 is 3.00 bits per heavy atom. The molecule has 1 fully saturated rings. The molecule has 7 nitrogen and oxygen atoms in total. The van der Waals surface area contributed by atoms with Gasteiger partial charge in [-0.1, -0.05) is 19.8 Å². The Labute approximate surface area is 143 Å². The second-order valence-electron chi connectivity index (χ2n) is 6.80. The van der Waals surface area contributed by atoms with Crippen molar-refractivity contribution in [3.63, 3.8) is 0 Å². The van der Waals surface area contributed by atoms with E-state index in [2.05, 4.69) is 33.8 Å². The number of piperidine rings is 1. The van der Waals surface area contributed by atoms with Crippen LogP contribution in [0.4, 0.5) is 5.82 Å². The van der Waals surface area contributed by atoms with E-state index in [0.717, 1.165) is 31.6 Å². The van der Waals surface area contributed by atoms with Crippen LogP contribution >= 0.6 is 0 Å². The summed E-state index contributed by atoms with van der Waals surface area (Å²) in [5.74, 6) is 0.363. The number of ether oxygens (including phenoxy) is 1. The van der Waals surface area contributed by atoms with E-state index in [1.54, 1.807) is 4.52 Å². The highest BCUT2D eigenvalue weighted by Crippen LogP contribution is 2.21. The van der Waals surface area contributed by atoms with Crippen molar-refractivity contribution in [1.29, 1.82) is 0 Å². The maximum absolute atomic E-state index is 6.05. The number of aromatic nitrogens is 4. The summed E-state index contributed by atoms with van der Waals surface area (Å²) in [6, 6.07) is 0.913. The van der Waals surface area contributed by atoms with E-state index in [-0.39, 0.29) is 6.10 Å². The average Bonchev–Trinajstić information content (AvgIpc) is 2.93. The third-order valence-corrected chi connectivity index (χ3v) is 4.75. The van der Waals surface area contributed by atoms with Gasteiger partial charge in [-0.3, -0.25) is 4.90 Å². The first-order chi connectivity index (χ1) is 11.6. The molecule has 0 saturated carbocycles. The normalized spacial score (nSPS) is 20.4. The molecule has 0 aliphatic carbocycles. The summed E-state index contributed by atoms with van der Waals surface area (Å²) in [5.41, 5.74) is 7.68. The zero-order valence-corrected chi connectivity index (χ0v) is 14.9. The highest BCUT2D eigenvalue weighted by atomic mass is 16.5. The lowest BCUT2D eigenvalue weighted by molar-refractivity contribution is 0.149. The van der Waals surface area contributed by atoms with Crippen LogP contribution in [0.3, 0.4) is 0 Å². The number of nitrogens with zero attached hydrogens (tertiary/aromatic N) is 5. The van der Waals surface area contributed by atoms with Gasteiger partial charge in [0.15, 0.2) is 11.5 Å². The summed E-state index contributed by atoms with van der Waals surface area (Å²) < 4.78 is 7.60. The molecule has 2 atom stereocenters. The van der Waals surface area contributed by atoms with Gasteiger partial charge in [0.2, 0.25) is 0 Å². The first kappa shape index (κ1) is 17.0. The number of hydrogen-bond acceptors (Lipinski definition) is 6. The van der Waals surface area contributed by atoms with Crippen LogP contribution in [0.15, 0.2) is 6.20 Å². The van der Waals surface area contributed by atoms with Crippen LogP contribution in [0.5, 0.6) is 6.01 Å². The Balaban J connectivity index is 1.84. The van der Waals surface area contributed by atoms with Gasteiger partial charge >= 0.3 is 6.01 Å². The molecule has 2 aromatic rings. The minimum absolute atomic E-state index is 0.0703. The number of nitrogens with two attached hydrogens (primary N) is 1. The molecule has 132 valence electrons. The van der Waals surface area contributed by atoms with Crippen molar-refractivity contribution in [3.8, 4) is 6.01 Å². The van der Waals surface area contributed by atoms with E-state index in [1.807, 2.05) is 13.1 Å². The van der Waals surface area contributed by atoms with E-state index < -0.39 is 0 Å². The maximum Gasteiger partial charge on any atom is 0.336 e. The zero-order valence-electron chi connectivity index (χ0n) is 14.9. The van der Waals surface area contributed by atoms with Gasteiger partial charge in [0.1, 0.15) is 0 Å². The standard InChI is InChI=1S/C17H28N6O/c1-4-7-13(3)24-17-20-15(18)16-19-10-14(23(16)21-17)11-22-9-6-5-8-12(22)2/h10,12-13H,4-9,11H2,1-3H3,(H2,18,20,21). The van der Waals surface area contributed by atoms with E-state index in [9.17, 15) is 0 Å². The number of rotatable bonds is 6. The summed E-state index contributed by atoms with van der Waals surface area (Å²) in [7, 11) is 0. The van der Waals surface area contributed by atoms with Crippen LogP contribution in [0, 0.1) is 0 Å². The molecule has 7 heteroatoms. The van der Waals surface area contributed by atoms with Crippen molar-refractivity contribution >= 4 is 11.5 Å². The third-order valence-electron chi connectivity index (χ3n) is 4.75. The second-order valence-corrected chi connectivity index (χ2v) is 6.80. The lowest BCUT2D eigenvalue weighted by Crippen LogP contribution is -2.37. The Bertz CT molecular complexity index is 685. The maximum atomic E-state index is 6.05. The smallest absolute Gasteiger partial charge is 0.336 e. The number of likely N-dealkylation sites (tertiary alicyclic amines) is 1. The molecule has 2 aromatic heterocycles. The lowest BCUT2D eigenvalue weighted by Gasteiger charge is -2.32. The molecule has 3 heterocycles. The topological polar surface area (TPSA) is 81.6 Å². The molecule has 1 saturated heterocycles. The second kappa shape index (κ2) is 7.34. The summed E-state index contributed by atoms with van der Waals surface area (Å²) in [4.78, 5) is 11.1. The fraction of sp³-hybridized carbons (Fsp3) is 0.706. The third kappa shape index (κ3) is 3.61. The lowest BCUT2D eigenvalue weighted by atomic mass is 10.0. The molecule has 0 amide bonds. The Kier molecular flexibility index (Phi) is 5.18. The van der Waals surface area contributed by atoms with Gasteiger partial charge in [-0.15, -0.1) is 5.10 Å². The van der Waals surface area contributed by atoms with E-state index in [4.69, 9.17) is 10.5 Å². The molecule has 3 rings (SSSR count). The first-order valence-electron chi connectivity index (χ1n) is 8.99. The molecular weight excluding hydrogens is 304 g/mol. The monoisotopic (exact) mass is 332 g/mol. The summed E-state index contributed by atoms with van der Waals surface area (Å²) in [5, 5.41) is 4.52. The van der Waals surface area contributed by atoms with Crippen molar-refractivity contribution in [2.24, 2.45) is 0 Å². The van der Waals surface area contributed by atoms with Crippen LogP contribution in [-0.4, -0.2) is 43.2 Å². The van der Waals surface area contributed by atoms with Crippen LogP contribution in [-0.2, 0) is 6.54 Å². The van der Waals surface area contributed by atoms with E-state index >= 15 is 0 Å². The Hall–Kier alpha value is -1.89. The van der Waals surface area contributed by atoms with Gasteiger partial charge < -0.3 is 10.5 Å². The number of hydrogen-bond donors (Lipinski definition) is 1.